The average Bonchev–Trinajstić information content (AvgIpc) is 2.01. The van der Waals surface area contributed by atoms with E-state index in [-0.39, 0.29) is 5.60 Å². The summed E-state index contributed by atoms with van der Waals surface area (Å²) >= 11 is 0. The third-order valence-electron chi connectivity index (χ3n) is 2.20. The van der Waals surface area contributed by atoms with Crippen LogP contribution in [0.4, 0.5) is 11.4 Å². The van der Waals surface area contributed by atoms with Gasteiger partial charge in [0.2, 0.25) is 0 Å². The molecule has 0 aliphatic carbocycles. The highest BCUT2D eigenvalue weighted by atomic mass is 16.5. The molecule has 0 amide bonds. The molecule has 0 aliphatic rings. The second kappa shape index (κ2) is 3.78. The molecule has 1 rings (SSSR count). The lowest BCUT2D eigenvalue weighted by Gasteiger charge is -2.25. The smallest absolute Gasteiger partial charge is 0.124 e. The maximum absolute atomic E-state index is 5.75. The van der Waals surface area contributed by atoms with Crippen molar-refractivity contribution in [1.29, 1.82) is 0 Å². The van der Waals surface area contributed by atoms with E-state index < -0.39 is 0 Å². The first-order valence-corrected chi connectivity index (χ1v) is 4.78. The van der Waals surface area contributed by atoms with Crippen LogP contribution in [0.5, 0.6) is 5.75 Å². The predicted octanol–water partition coefficient (Wildman–Crippen LogP) is 2.42. The zero-order valence-electron chi connectivity index (χ0n) is 9.00. The Morgan fingerprint density at radius 3 is 2.07 bits per heavy atom. The minimum atomic E-state index is -0.180. The molecule has 1 aromatic carbocycles. The highest BCUT2D eigenvalue weighted by Gasteiger charge is 2.16. The SMILES string of the molecule is CCC(C)(C)Oc1cc(N)cc(N)c1. The number of nitrogens with two attached hydrogens (primary N) is 2. The number of anilines is 2. The van der Waals surface area contributed by atoms with Gasteiger partial charge in [0.25, 0.3) is 0 Å². The van der Waals surface area contributed by atoms with Gasteiger partial charge >= 0.3 is 0 Å². The van der Waals surface area contributed by atoms with Gasteiger partial charge in [0.1, 0.15) is 11.4 Å². The van der Waals surface area contributed by atoms with Gasteiger partial charge in [-0.1, -0.05) is 6.92 Å². The summed E-state index contributed by atoms with van der Waals surface area (Å²) in [5.74, 6) is 0.731. The molecule has 78 valence electrons. The van der Waals surface area contributed by atoms with Crippen molar-refractivity contribution in [2.75, 3.05) is 11.5 Å². The number of ether oxygens (including phenoxy) is 1. The molecule has 0 aromatic heterocycles. The topological polar surface area (TPSA) is 61.3 Å². The molecule has 0 aliphatic heterocycles. The summed E-state index contributed by atoms with van der Waals surface area (Å²) in [6.45, 7) is 6.15. The van der Waals surface area contributed by atoms with E-state index in [0.29, 0.717) is 11.4 Å². The van der Waals surface area contributed by atoms with Crippen LogP contribution in [0.2, 0.25) is 0 Å². The van der Waals surface area contributed by atoms with Crippen molar-refractivity contribution in [2.45, 2.75) is 32.8 Å². The fourth-order valence-corrected chi connectivity index (χ4v) is 1.10. The second-order valence-electron chi connectivity index (χ2n) is 4.05. The van der Waals surface area contributed by atoms with Crippen molar-refractivity contribution in [3.63, 3.8) is 0 Å². The zero-order chi connectivity index (χ0) is 10.8. The second-order valence-corrected chi connectivity index (χ2v) is 4.05. The molecule has 3 heteroatoms. The molecule has 0 unspecified atom stereocenters. The van der Waals surface area contributed by atoms with E-state index in [9.17, 15) is 0 Å². The lowest BCUT2D eigenvalue weighted by Crippen LogP contribution is -2.26. The molecule has 3 nitrogen and oxygen atoms in total. The van der Waals surface area contributed by atoms with Crippen LogP contribution in [0.1, 0.15) is 27.2 Å². The van der Waals surface area contributed by atoms with Gasteiger partial charge in [-0.15, -0.1) is 0 Å². The molecule has 0 fully saturated rings. The molecule has 14 heavy (non-hydrogen) atoms. The summed E-state index contributed by atoms with van der Waals surface area (Å²) in [6, 6.07) is 5.29. The average molecular weight is 194 g/mol. The van der Waals surface area contributed by atoms with E-state index in [1.807, 2.05) is 13.8 Å². The Morgan fingerprint density at radius 1 is 1.14 bits per heavy atom. The Bertz CT molecular complexity index is 301. The first-order chi connectivity index (χ1) is 6.43. The normalized spacial score (nSPS) is 11.4. The predicted molar refractivity (Wildman–Crippen MR) is 60.3 cm³/mol. The van der Waals surface area contributed by atoms with Crippen molar-refractivity contribution in [3.8, 4) is 5.75 Å². The van der Waals surface area contributed by atoms with Gasteiger partial charge in [-0.25, -0.2) is 0 Å². The van der Waals surface area contributed by atoms with Crippen molar-refractivity contribution in [2.24, 2.45) is 0 Å². The van der Waals surface area contributed by atoms with Crippen molar-refractivity contribution in [3.05, 3.63) is 18.2 Å². The molecule has 4 N–H and O–H groups in total. The maximum Gasteiger partial charge on any atom is 0.124 e. The first kappa shape index (κ1) is 10.7. The molecule has 0 radical (unpaired) electrons. The van der Waals surface area contributed by atoms with Crippen LogP contribution in [0, 0.1) is 0 Å². The number of rotatable bonds is 3. The van der Waals surface area contributed by atoms with E-state index >= 15 is 0 Å². The molecule has 0 atom stereocenters. The van der Waals surface area contributed by atoms with Gasteiger partial charge in [-0.2, -0.15) is 0 Å². The van der Waals surface area contributed by atoms with Gasteiger partial charge in [0.05, 0.1) is 0 Å². The van der Waals surface area contributed by atoms with E-state index in [1.54, 1.807) is 18.2 Å². The Balaban J connectivity index is 2.87. The Labute approximate surface area is 85.0 Å². The monoisotopic (exact) mass is 194 g/mol. The third-order valence-corrected chi connectivity index (χ3v) is 2.20. The third kappa shape index (κ3) is 2.83. The Morgan fingerprint density at radius 2 is 1.64 bits per heavy atom. The summed E-state index contributed by atoms with van der Waals surface area (Å²) in [6.07, 6.45) is 0.932. The molecular formula is C11H18N2O. The summed E-state index contributed by atoms with van der Waals surface area (Å²) < 4.78 is 5.75. The molecule has 0 spiro atoms. The van der Waals surface area contributed by atoms with Crippen molar-refractivity contribution in [1.82, 2.24) is 0 Å². The number of hydrogen-bond acceptors (Lipinski definition) is 3. The quantitative estimate of drug-likeness (QED) is 0.726. The molecule has 0 saturated heterocycles. The lowest BCUT2D eigenvalue weighted by atomic mass is 10.1. The molecule has 1 aromatic rings. The summed E-state index contributed by atoms with van der Waals surface area (Å²) in [7, 11) is 0. The number of hydrogen-bond donors (Lipinski definition) is 2. The van der Waals surface area contributed by atoms with Crippen LogP contribution in [0.25, 0.3) is 0 Å². The minimum absolute atomic E-state index is 0.180. The number of benzene rings is 1. The molecule has 0 saturated carbocycles. The largest absolute Gasteiger partial charge is 0.488 e. The van der Waals surface area contributed by atoms with Crippen LogP contribution in [-0.4, -0.2) is 5.60 Å². The number of nitrogen functional groups attached to an aromatic ring is 2. The highest BCUT2D eigenvalue weighted by molar-refractivity contribution is 5.56. The fourth-order valence-electron chi connectivity index (χ4n) is 1.10. The lowest BCUT2D eigenvalue weighted by molar-refractivity contribution is 0.105. The van der Waals surface area contributed by atoms with Gasteiger partial charge in [-0.3, -0.25) is 0 Å². The molecular weight excluding hydrogens is 176 g/mol. The van der Waals surface area contributed by atoms with Crippen LogP contribution >= 0.6 is 0 Å². The maximum atomic E-state index is 5.75. The molecule has 0 heterocycles. The minimum Gasteiger partial charge on any atom is -0.488 e. The van der Waals surface area contributed by atoms with Crippen LogP contribution < -0.4 is 16.2 Å². The summed E-state index contributed by atoms with van der Waals surface area (Å²) in [4.78, 5) is 0. The van der Waals surface area contributed by atoms with E-state index in [4.69, 9.17) is 16.2 Å². The fraction of sp³-hybridized carbons (Fsp3) is 0.455. The van der Waals surface area contributed by atoms with Gasteiger partial charge in [0.15, 0.2) is 0 Å². The van der Waals surface area contributed by atoms with Crippen molar-refractivity contribution < 1.29 is 4.74 Å². The summed E-state index contributed by atoms with van der Waals surface area (Å²) in [5.41, 5.74) is 12.4. The van der Waals surface area contributed by atoms with Gasteiger partial charge < -0.3 is 16.2 Å². The van der Waals surface area contributed by atoms with Crippen LogP contribution in [0.3, 0.4) is 0 Å². The van der Waals surface area contributed by atoms with E-state index in [1.165, 1.54) is 0 Å². The van der Waals surface area contributed by atoms with E-state index in [0.717, 1.165) is 12.2 Å². The van der Waals surface area contributed by atoms with Crippen LogP contribution in [-0.2, 0) is 0 Å². The van der Waals surface area contributed by atoms with Crippen molar-refractivity contribution >= 4 is 11.4 Å². The molecule has 0 bridgehead atoms. The Kier molecular flexibility index (Phi) is 2.89. The van der Waals surface area contributed by atoms with Gasteiger partial charge in [0, 0.05) is 23.5 Å². The highest BCUT2D eigenvalue weighted by Crippen LogP contribution is 2.25. The van der Waals surface area contributed by atoms with Gasteiger partial charge in [-0.05, 0) is 26.3 Å². The standard InChI is InChI=1S/C11H18N2O/c1-4-11(2,3)14-10-6-8(12)5-9(13)7-10/h5-7H,4,12-13H2,1-3H3. The zero-order valence-corrected chi connectivity index (χ0v) is 9.00. The Hall–Kier alpha value is -1.38. The van der Waals surface area contributed by atoms with Crippen LogP contribution in [0.15, 0.2) is 18.2 Å². The van der Waals surface area contributed by atoms with E-state index in [2.05, 4.69) is 6.92 Å². The summed E-state index contributed by atoms with van der Waals surface area (Å²) in [5, 5.41) is 0. The first-order valence-electron chi connectivity index (χ1n) is 4.78.